The standard InChI is InChI=1S/C13H24N2S/c1-4-5-6-7-8-9-13(2,14-3)12-15-10-11-16-12/h10-11,14H,4-9H2,1-3H3. The van der Waals surface area contributed by atoms with Crippen LogP contribution >= 0.6 is 11.3 Å². The maximum atomic E-state index is 4.43. The van der Waals surface area contributed by atoms with Gasteiger partial charge in [0.25, 0.3) is 0 Å². The van der Waals surface area contributed by atoms with E-state index in [1.807, 2.05) is 13.2 Å². The van der Waals surface area contributed by atoms with Gasteiger partial charge in [-0.3, -0.25) is 0 Å². The first-order chi connectivity index (χ1) is 7.73. The van der Waals surface area contributed by atoms with Gasteiger partial charge in [-0.1, -0.05) is 39.0 Å². The molecule has 0 amide bonds. The SMILES string of the molecule is CCCCCCCC(C)(NC)c1nccs1. The molecule has 92 valence electrons. The van der Waals surface area contributed by atoms with Gasteiger partial charge >= 0.3 is 0 Å². The fraction of sp³-hybridized carbons (Fsp3) is 0.769. The van der Waals surface area contributed by atoms with Crippen LogP contribution in [-0.2, 0) is 5.54 Å². The van der Waals surface area contributed by atoms with Crippen molar-refractivity contribution >= 4 is 11.3 Å². The second kappa shape index (κ2) is 7.02. The highest BCUT2D eigenvalue weighted by atomic mass is 32.1. The predicted octanol–water partition coefficient (Wildman–Crippen LogP) is 3.94. The van der Waals surface area contributed by atoms with E-state index >= 15 is 0 Å². The van der Waals surface area contributed by atoms with Gasteiger partial charge in [-0.2, -0.15) is 0 Å². The molecular formula is C13H24N2S. The molecule has 1 rings (SSSR count). The summed E-state index contributed by atoms with van der Waals surface area (Å²) in [7, 11) is 2.04. The van der Waals surface area contributed by atoms with Crippen LogP contribution in [-0.4, -0.2) is 12.0 Å². The third-order valence-corrected chi connectivity index (χ3v) is 4.27. The second-order valence-corrected chi connectivity index (χ2v) is 5.48. The Kier molecular flexibility index (Phi) is 5.99. The molecule has 1 atom stereocenters. The third kappa shape index (κ3) is 3.87. The first kappa shape index (κ1) is 13.7. The van der Waals surface area contributed by atoms with Crippen LogP contribution in [0.5, 0.6) is 0 Å². The Bertz CT molecular complexity index is 271. The van der Waals surface area contributed by atoms with Crippen LogP contribution < -0.4 is 5.32 Å². The Labute approximate surface area is 103 Å². The van der Waals surface area contributed by atoms with Crippen molar-refractivity contribution in [3.63, 3.8) is 0 Å². The van der Waals surface area contributed by atoms with Crippen molar-refractivity contribution in [3.8, 4) is 0 Å². The fourth-order valence-corrected chi connectivity index (χ4v) is 2.75. The number of hydrogen-bond donors (Lipinski definition) is 1. The summed E-state index contributed by atoms with van der Waals surface area (Å²) in [6.45, 7) is 4.51. The molecule has 0 radical (unpaired) electrons. The summed E-state index contributed by atoms with van der Waals surface area (Å²) in [5.74, 6) is 0. The summed E-state index contributed by atoms with van der Waals surface area (Å²) in [6, 6.07) is 0. The number of aromatic nitrogens is 1. The maximum absolute atomic E-state index is 4.43. The molecular weight excluding hydrogens is 216 g/mol. The molecule has 3 heteroatoms. The van der Waals surface area contributed by atoms with Crippen molar-refractivity contribution in [2.24, 2.45) is 0 Å². The molecule has 0 saturated heterocycles. The number of unbranched alkanes of at least 4 members (excludes halogenated alkanes) is 4. The second-order valence-electron chi connectivity index (χ2n) is 4.58. The maximum Gasteiger partial charge on any atom is 0.112 e. The van der Waals surface area contributed by atoms with E-state index in [-0.39, 0.29) is 5.54 Å². The zero-order valence-electron chi connectivity index (χ0n) is 10.8. The van der Waals surface area contributed by atoms with Gasteiger partial charge in [-0.15, -0.1) is 11.3 Å². The number of nitrogens with zero attached hydrogens (tertiary/aromatic N) is 1. The van der Waals surface area contributed by atoms with Gasteiger partial charge in [0.1, 0.15) is 5.01 Å². The zero-order chi connectivity index (χ0) is 11.9. The zero-order valence-corrected chi connectivity index (χ0v) is 11.6. The first-order valence-electron chi connectivity index (χ1n) is 6.32. The lowest BCUT2D eigenvalue weighted by atomic mass is 9.95. The van der Waals surface area contributed by atoms with Gasteiger partial charge in [0.15, 0.2) is 0 Å². The monoisotopic (exact) mass is 240 g/mol. The normalized spacial score (nSPS) is 14.9. The van der Waals surface area contributed by atoms with Crippen molar-refractivity contribution < 1.29 is 0 Å². The van der Waals surface area contributed by atoms with E-state index in [4.69, 9.17) is 0 Å². The summed E-state index contributed by atoms with van der Waals surface area (Å²) in [5.41, 5.74) is 0.0698. The Morgan fingerprint density at radius 3 is 2.62 bits per heavy atom. The van der Waals surface area contributed by atoms with E-state index < -0.39 is 0 Å². The van der Waals surface area contributed by atoms with E-state index in [2.05, 4.69) is 29.5 Å². The third-order valence-electron chi connectivity index (χ3n) is 3.24. The molecule has 1 heterocycles. The van der Waals surface area contributed by atoms with Gasteiger partial charge < -0.3 is 5.32 Å². The van der Waals surface area contributed by atoms with Crippen LogP contribution in [0, 0.1) is 0 Å². The summed E-state index contributed by atoms with van der Waals surface area (Å²) in [4.78, 5) is 4.43. The quantitative estimate of drug-likeness (QED) is 0.696. The molecule has 0 aliphatic rings. The van der Waals surface area contributed by atoms with Crippen molar-refractivity contribution in [3.05, 3.63) is 16.6 Å². The molecule has 1 N–H and O–H groups in total. The molecule has 1 aromatic rings. The van der Waals surface area contributed by atoms with Crippen molar-refractivity contribution in [1.29, 1.82) is 0 Å². The van der Waals surface area contributed by atoms with E-state index in [9.17, 15) is 0 Å². The highest BCUT2D eigenvalue weighted by Gasteiger charge is 2.26. The molecule has 0 bridgehead atoms. The van der Waals surface area contributed by atoms with Crippen molar-refractivity contribution in [2.45, 2.75) is 57.9 Å². The number of hydrogen-bond acceptors (Lipinski definition) is 3. The molecule has 0 aliphatic carbocycles. The minimum atomic E-state index is 0.0698. The van der Waals surface area contributed by atoms with Gasteiger partial charge in [0.2, 0.25) is 0 Å². The topological polar surface area (TPSA) is 24.9 Å². The molecule has 0 spiro atoms. The average Bonchev–Trinajstić information content (AvgIpc) is 2.82. The van der Waals surface area contributed by atoms with Crippen molar-refractivity contribution in [2.75, 3.05) is 7.05 Å². The summed E-state index contributed by atoms with van der Waals surface area (Å²) in [5, 5.41) is 6.69. The Balaban J connectivity index is 2.36. The van der Waals surface area contributed by atoms with E-state index in [0.717, 1.165) is 0 Å². The molecule has 0 saturated carbocycles. The van der Waals surface area contributed by atoms with E-state index in [0.29, 0.717) is 0 Å². The summed E-state index contributed by atoms with van der Waals surface area (Å²) in [6.07, 6.45) is 9.76. The number of rotatable bonds is 8. The molecule has 0 fully saturated rings. The minimum absolute atomic E-state index is 0.0698. The molecule has 1 aromatic heterocycles. The minimum Gasteiger partial charge on any atom is -0.309 e. The summed E-state index contributed by atoms with van der Waals surface area (Å²) >= 11 is 1.75. The van der Waals surface area contributed by atoms with Gasteiger partial charge in [0.05, 0.1) is 5.54 Å². The summed E-state index contributed by atoms with van der Waals surface area (Å²) < 4.78 is 0. The smallest absolute Gasteiger partial charge is 0.112 e. The van der Waals surface area contributed by atoms with Crippen LogP contribution in [0.3, 0.4) is 0 Å². The van der Waals surface area contributed by atoms with E-state index in [1.165, 1.54) is 43.5 Å². The number of nitrogens with one attached hydrogen (secondary N) is 1. The van der Waals surface area contributed by atoms with Crippen molar-refractivity contribution in [1.82, 2.24) is 10.3 Å². The first-order valence-corrected chi connectivity index (χ1v) is 7.20. The molecule has 16 heavy (non-hydrogen) atoms. The largest absolute Gasteiger partial charge is 0.309 e. The van der Waals surface area contributed by atoms with E-state index in [1.54, 1.807) is 11.3 Å². The van der Waals surface area contributed by atoms with Crippen LogP contribution in [0.2, 0.25) is 0 Å². The van der Waals surface area contributed by atoms with Crippen LogP contribution in [0.15, 0.2) is 11.6 Å². The lowest BCUT2D eigenvalue weighted by Crippen LogP contribution is -2.36. The Morgan fingerprint density at radius 2 is 2.06 bits per heavy atom. The molecule has 1 unspecified atom stereocenters. The number of thiazole rings is 1. The molecule has 0 aromatic carbocycles. The van der Waals surface area contributed by atoms with Crippen LogP contribution in [0.4, 0.5) is 0 Å². The van der Waals surface area contributed by atoms with Gasteiger partial charge in [0, 0.05) is 11.6 Å². The van der Waals surface area contributed by atoms with Gasteiger partial charge in [-0.25, -0.2) is 4.98 Å². The average molecular weight is 240 g/mol. The van der Waals surface area contributed by atoms with Crippen LogP contribution in [0.1, 0.15) is 57.4 Å². The van der Waals surface area contributed by atoms with Crippen LogP contribution in [0.25, 0.3) is 0 Å². The lowest BCUT2D eigenvalue weighted by Gasteiger charge is -2.26. The van der Waals surface area contributed by atoms with Gasteiger partial charge in [-0.05, 0) is 20.4 Å². The Hall–Kier alpha value is -0.410. The predicted molar refractivity (Wildman–Crippen MR) is 71.9 cm³/mol. The molecule has 0 aliphatic heterocycles. The Morgan fingerprint density at radius 1 is 1.31 bits per heavy atom. The highest BCUT2D eigenvalue weighted by molar-refractivity contribution is 7.09. The fourth-order valence-electron chi connectivity index (χ4n) is 1.92. The lowest BCUT2D eigenvalue weighted by molar-refractivity contribution is 0.350. The highest BCUT2D eigenvalue weighted by Crippen LogP contribution is 2.28. The molecule has 2 nitrogen and oxygen atoms in total.